The Morgan fingerprint density at radius 1 is 0.893 bits per heavy atom. The number of carbonyl (C=O) groups excluding carboxylic acids is 1. The number of hydrogen-bond donors (Lipinski definition) is 2. The van der Waals surface area contributed by atoms with Gasteiger partial charge in [0.15, 0.2) is 0 Å². The third-order valence-electron chi connectivity index (χ3n) is 9.32. The van der Waals surface area contributed by atoms with Gasteiger partial charge >= 0.3 is 0 Å². The molecular formula is C40H37ClN8O6S. The van der Waals surface area contributed by atoms with Crippen molar-refractivity contribution in [1.82, 2.24) is 24.6 Å². The zero-order chi connectivity index (χ0) is 39.1. The van der Waals surface area contributed by atoms with Crippen molar-refractivity contribution >= 4 is 44.6 Å². The second-order valence-corrected chi connectivity index (χ2v) is 15.0. The molecule has 1 saturated heterocycles. The molecule has 7 rings (SSSR count). The number of aromatic nitrogens is 3. The van der Waals surface area contributed by atoms with E-state index >= 15 is 0 Å². The number of rotatable bonds is 14. The van der Waals surface area contributed by atoms with E-state index in [1.54, 1.807) is 42.6 Å². The van der Waals surface area contributed by atoms with Crippen molar-refractivity contribution in [1.29, 1.82) is 0 Å². The van der Waals surface area contributed by atoms with E-state index in [2.05, 4.69) is 42.3 Å². The van der Waals surface area contributed by atoms with Crippen LogP contribution in [0.2, 0.25) is 5.02 Å². The Balaban J connectivity index is 1.09. The van der Waals surface area contributed by atoms with E-state index in [0.717, 1.165) is 36.4 Å². The number of carbonyl (C=O) groups is 1. The van der Waals surface area contributed by atoms with Gasteiger partial charge in [0, 0.05) is 68.3 Å². The highest BCUT2D eigenvalue weighted by atomic mass is 35.5. The number of para-hydroxylation sites is 2. The molecular weight excluding hydrogens is 756 g/mol. The third kappa shape index (κ3) is 8.97. The lowest BCUT2D eigenvalue weighted by Crippen LogP contribution is -2.46. The number of amides is 1. The number of benzene rings is 5. The minimum Gasteiger partial charge on any atom is -0.456 e. The van der Waals surface area contributed by atoms with Crippen molar-refractivity contribution in [2.45, 2.75) is 18.0 Å². The number of sulfonamides is 1. The number of anilines is 2. The monoisotopic (exact) mass is 792 g/mol. The minimum absolute atomic E-state index is 0.0373. The molecule has 0 bridgehead atoms. The van der Waals surface area contributed by atoms with E-state index < -0.39 is 31.4 Å². The zero-order valence-corrected chi connectivity index (χ0v) is 31.6. The first kappa shape index (κ1) is 38.0. The van der Waals surface area contributed by atoms with Gasteiger partial charge in [0.25, 0.3) is 21.6 Å². The van der Waals surface area contributed by atoms with Gasteiger partial charge in [-0.1, -0.05) is 77.5 Å². The average molecular weight is 793 g/mol. The maximum Gasteiger partial charge on any atom is 0.293 e. The lowest BCUT2D eigenvalue weighted by atomic mass is 9.99. The normalized spacial score (nSPS) is 13.3. The quantitative estimate of drug-likeness (QED) is 0.0876. The molecule has 0 aliphatic carbocycles. The van der Waals surface area contributed by atoms with Crippen LogP contribution in [0.3, 0.4) is 0 Å². The molecule has 56 heavy (non-hydrogen) atoms. The summed E-state index contributed by atoms with van der Waals surface area (Å²) >= 11 is 6.14. The largest absolute Gasteiger partial charge is 0.456 e. The molecule has 0 atom stereocenters. The number of piperazine rings is 1. The standard InChI is InChI=1S/C40H37ClN8O6S/c41-31-15-13-29(14-16-31)34-10-5-4-7-30(34)28-46-23-25-47(26-24-46)32-17-18-35(37(27-32)55-33-8-2-1-3-9-33)40(50)44-56(53,54)38-12-6-11-36(49(51)52)39(38)42-19-21-48-22-20-43-45-48/h1-18,20,22,27,42H,19,21,23-26,28H2,(H,44,50). The van der Waals surface area contributed by atoms with Gasteiger partial charge < -0.3 is 15.0 Å². The van der Waals surface area contributed by atoms with Crippen molar-refractivity contribution < 1.29 is 22.9 Å². The second kappa shape index (κ2) is 17.0. The molecule has 286 valence electrons. The van der Waals surface area contributed by atoms with Gasteiger partial charge in [0.2, 0.25) is 0 Å². The van der Waals surface area contributed by atoms with E-state index in [0.29, 0.717) is 23.9 Å². The Morgan fingerprint density at radius 3 is 2.38 bits per heavy atom. The predicted octanol–water partition coefficient (Wildman–Crippen LogP) is 6.85. The molecule has 2 heterocycles. The SMILES string of the molecule is O=C(NS(=O)(=O)c1cccc([N+](=O)[O-])c1NCCn1ccnn1)c1ccc(N2CCN(Cc3ccccc3-c3ccc(Cl)cc3)CC2)cc1Oc1ccccc1. The van der Waals surface area contributed by atoms with Crippen LogP contribution in [0.1, 0.15) is 15.9 Å². The van der Waals surface area contributed by atoms with Crippen molar-refractivity contribution in [2.75, 3.05) is 42.9 Å². The molecule has 1 aromatic heterocycles. The van der Waals surface area contributed by atoms with Crippen LogP contribution >= 0.6 is 11.6 Å². The van der Waals surface area contributed by atoms with E-state index in [1.165, 1.54) is 40.7 Å². The highest BCUT2D eigenvalue weighted by Gasteiger charge is 2.29. The fraction of sp³-hybridized carbons (Fsp3) is 0.175. The molecule has 0 radical (unpaired) electrons. The lowest BCUT2D eigenvalue weighted by molar-refractivity contribution is -0.384. The number of nitrogens with one attached hydrogen (secondary N) is 2. The Bertz CT molecular complexity index is 2430. The molecule has 14 nitrogen and oxygen atoms in total. The molecule has 1 aliphatic rings. The summed E-state index contributed by atoms with van der Waals surface area (Å²) in [6.45, 7) is 4.07. The summed E-state index contributed by atoms with van der Waals surface area (Å²) in [6, 6.07) is 33.7. The molecule has 0 unspecified atom stereocenters. The summed E-state index contributed by atoms with van der Waals surface area (Å²) in [5, 5.41) is 23.0. The van der Waals surface area contributed by atoms with Crippen LogP contribution in [-0.4, -0.2) is 71.9 Å². The molecule has 0 saturated carbocycles. The predicted molar refractivity (Wildman–Crippen MR) is 214 cm³/mol. The first-order chi connectivity index (χ1) is 27.1. The van der Waals surface area contributed by atoms with Crippen LogP contribution in [0.4, 0.5) is 17.1 Å². The van der Waals surface area contributed by atoms with Gasteiger partial charge in [-0.25, -0.2) is 13.1 Å². The first-order valence-electron chi connectivity index (χ1n) is 17.8. The van der Waals surface area contributed by atoms with Gasteiger partial charge in [-0.2, -0.15) is 0 Å². The number of hydrogen-bond acceptors (Lipinski definition) is 11. The maximum atomic E-state index is 13.8. The van der Waals surface area contributed by atoms with Gasteiger partial charge in [0.1, 0.15) is 22.1 Å². The van der Waals surface area contributed by atoms with E-state index in [4.69, 9.17) is 16.3 Å². The summed E-state index contributed by atoms with van der Waals surface area (Å²) in [6.07, 6.45) is 3.08. The summed E-state index contributed by atoms with van der Waals surface area (Å²) in [5.41, 5.74) is 3.51. The fourth-order valence-electron chi connectivity index (χ4n) is 6.52. The van der Waals surface area contributed by atoms with Crippen molar-refractivity contribution in [2.24, 2.45) is 0 Å². The highest BCUT2D eigenvalue weighted by Crippen LogP contribution is 2.34. The first-order valence-corrected chi connectivity index (χ1v) is 19.6. The molecule has 1 fully saturated rings. The van der Waals surface area contributed by atoms with Crippen molar-refractivity contribution in [3.8, 4) is 22.6 Å². The van der Waals surface area contributed by atoms with E-state index in [1.807, 2.05) is 42.5 Å². The molecule has 2 N–H and O–H groups in total. The van der Waals surface area contributed by atoms with Crippen LogP contribution in [0.15, 0.2) is 133 Å². The number of nitro benzene ring substituents is 1. The molecule has 0 spiro atoms. The molecule has 1 amide bonds. The summed E-state index contributed by atoms with van der Waals surface area (Å²) in [5.74, 6) is -0.374. The summed E-state index contributed by atoms with van der Waals surface area (Å²) in [7, 11) is -4.63. The minimum atomic E-state index is -4.63. The number of nitrogens with zero attached hydrogens (tertiary/aromatic N) is 6. The Hall–Kier alpha value is -6.29. The Morgan fingerprint density at radius 2 is 1.64 bits per heavy atom. The number of halogens is 1. The van der Waals surface area contributed by atoms with Crippen molar-refractivity contribution in [3.63, 3.8) is 0 Å². The molecule has 6 aromatic rings. The van der Waals surface area contributed by atoms with Crippen LogP contribution in [-0.2, 0) is 23.1 Å². The average Bonchev–Trinajstić information content (AvgIpc) is 3.73. The molecule has 1 aliphatic heterocycles. The van der Waals surface area contributed by atoms with Gasteiger partial charge in [-0.15, -0.1) is 5.10 Å². The third-order valence-corrected chi connectivity index (χ3v) is 10.9. The fourth-order valence-corrected chi connectivity index (χ4v) is 7.82. The van der Waals surface area contributed by atoms with Gasteiger partial charge in [-0.3, -0.25) is 24.5 Å². The number of nitro groups is 1. The topological polar surface area (TPSA) is 165 Å². The smallest absolute Gasteiger partial charge is 0.293 e. The van der Waals surface area contributed by atoms with Crippen LogP contribution in [0.25, 0.3) is 11.1 Å². The van der Waals surface area contributed by atoms with E-state index in [-0.39, 0.29) is 30.1 Å². The molecule has 16 heteroatoms. The van der Waals surface area contributed by atoms with Crippen molar-refractivity contribution in [3.05, 3.63) is 154 Å². The Labute approximate surface area is 328 Å². The zero-order valence-electron chi connectivity index (χ0n) is 30.0. The van der Waals surface area contributed by atoms with Crippen LogP contribution < -0.4 is 19.7 Å². The van der Waals surface area contributed by atoms with Crippen LogP contribution in [0.5, 0.6) is 11.5 Å². The van der Waals surface area contributed by atoms with E-state index in [9.17, 15) is 23.3 Å². The maximum absolute atomic E-state index is 13.8. The van der Waals surface area contributed by atoms with Gasteiger partial charge in [0.05, 0.1) is 23.2 Å². The number of ether oxygens (including phenoxy) is 1. The van der Waals surface area contributed by atoms with Gasteiger partial charge in [-0.05, 0) is 59.2 Å². The van der Waals surface area contributed by atoms with Crippen LogP contribution in [0, 0.1) is 10.1 Å². The molecule has 5 aromatic carbocycles. The second-order valence-electron chi connectivity index (χ2n) is 13.0. The lowest BCUT2D eigenvalue weighted by Gasteiger charge is -2.36. The highest BCUT2D eigenvalue weighted by molar-refractivity contribution is 7.90. The Kier molecular flexibility index (Phi) is 11.6. The summed E-state index contributed by atoms with van der Waals surface area (Å²) in [4.78, 5) is 29.2. The summed E-state index contributed by atoms with van der Waals surface area (Å²) < 4.78 is 37.4.